The molecule has 0 saturated heterocycles. The number of hydrogen-bond donors (Lipinski definition) is 4. The van der Waals surface area contributed by atoms with Gasteiger partial charge in [-0.1, -0.05) is 19.8 Å². The molecular weight excluding hydrogens is 428 g/mol. The molecule has 0 aromatic heterocycles. The lowest BCUT2D eigenvalue weighted by atomic mass is 10.0. The molecule has 4 rings (SSSR count). The molecule has 1 aliphatic carbocycles. The van der Waals surface area contributed by atoms with Gasteiger partial charge < -0.3 is 30.3 Å². The zero-order valence-electron chi connectivity index (χ0n) is 21.3. The summed E-state index contributed by atoms with van der Waals surface area (Å²) < 4.78 is 0. The highest BCUT2D eigenvalue weighted by atomic mass is 16.2. The van der Waals surface area contributed by atoms with Crippen LogP contribution < -0.4 is 21.8 Å². The molecule has 0 aromatic rings. The number of allylic oxidation sites excluding steroid dienone is 2. The Morgan fingerprint density at radius 1 is 1.24 bits per heavy atom. The van der Waals surface area contributed by atoms with Crippen molar-refractivity contribution in [3.05, 3.63) is 47.2 Å². The van der Waals surface area contributed by atoms with E-state index in [1.807, 2.05) is 19.4 Å². The minimum atomic E-state index is -0.389. The lowest BCUT2D eigenvalue weighted by molar-refractivity contribution is -0.122. The Kier molecular flexibility index (Phi) is 7.42. The summed E-state index contributed by atoms with van der Waals surface area (Å²) in [6, 6.07) is -0.389. The first-order chi connectivity index (χ1) is 16.3. The molecule has 5 N–H and O–H groups in total. The van der Waals surface area contributed by atoms with Crippen LogP contribution in [0.3, 0.4) is 0 Å². The molecule has 0 bridgehead atoms. The Hall–Kier alpha value is -2.65. The van der Waals surface area contributed by atoms with Gasteiger partial charge in [-0.2, -0.15) is 0 Å². The van der Waals surface area contributed by atoms with Gasteiger partial charge in [0.1, 0.15) is 12.2 Å². The van der Waals surface area contributed by atoms with Crippen LogP contribution in [0.25, 0.3) is 0 Å². The second-order valence-electron chi connectivity index (χ2n) is 9.93. The SMILES string of the molecule is CC/C(=C\N(C)N)C1=CCNC(CNC(=O)C2NC=CC3=C2N(C)C(C2CCCC2)N3C)N1C. The van der Waals surface area contributed by atoms with Crippen molar-refractivity contribution in [2.45, 2.75) is 57.4 Å². The van der Waals surface area contributed by atoms with Crippen LogP contribution in [0.2, 0.25) is 0 Å². The number of carbonyl (C=O) groups excluding carboxylic acids is 1. The predicted molar refractivity (Wildman–Crippen MR) is 135 cm³/mol. The molecule has 1 saturated carbocycles. The summed E-state index contributed by atoms with van der Waals surface area (Å²) in [7, 11) is 8.20. The van der Waals surface area contributed by atoms with Crippen LogP contribution in [0.15, 0.2) is 47.2 Å². The Morgan fingerprint density at radius 2 is 1.97 bits per heavy atom. The number of rotatable bonds is 7. The van der Waals surface area contributed by atoms with E-state index < -0.39 is 0 Å². The van der Waals surface area contributed by atoms with E-state index in [0.29, 0.717) is 18.6 Å². The van der Waals surface area contributed by atoms with E-state index in [0.717, 1.165) is 30.1 Å². The third-order valence-corrected chi connectivity index (χ3v) is 7.71. The molecule has 1 fully saturated rings. The van der Waals surface area contributed by atoms with Crippen molar-refractivity contribution in [3.8, 4) is 0 Å². The molecule has 4 aliphatic rings. The van der Waals surface area contributed by atoms with Crippen LogP contribution in [0.1, 0.15) is 39.0 Å². The fourth-order valence-corrected chi connectivity index (χ4v) is 6.04. The van der Waals surface area contributed by atoms with Crippen LogP contribution in [-0.4, -0.2) is 85.3 Å². The second-order valence-corrected chi connectivity index (χ2v) is 9.93. The van der Waals surface area contributed by atoms with E-state index in [-0.39, 0.29) is 18.1 Å². The zero-order chi connectivity index (χ0) is 24.4. The van der Waals surface area contributed by atoms with Crippen molar-refractivity contribution in [3.63, 3.8) is 0 Å². The lowest BCUT2D eigenvalue weighted by Crippen LogP contribution is -2.56. The highest BCUT2D eigenvalue weighted by molar-refractivity contribution is 5.86. The topological polar surface area (TPSA) is 92.1 Å². The highest BCUT2D eigenvalue weighted by Gasteiger charge is 2.44. The molecule has 3 aliphatic heterocycles. The summed E-state index contributed by atoms with van der Waals surface area (Å²) in [5.41, 5.74) is 4.55. The molecular formula is C25H42N8O. The first kappa shape index (κ1) is 24.5. The van der Waals surface area contributed by atoms with Gasteiger partial charge in [0.15, 0.2) is 0 Å². The predicted octanol–water partition coefficient (Wildman–Crippen LogP) is 1.04. The van der Waals surface area contributed by atoms with E-state index in [2.05, 4.69) is 70.9 Å². The molecule has 9 heteroatoms. The second kappa shape index (κ2) is 10.3. The summed E-state index contributed by atoms with van der Waals surface area (Å²) >= 11 is 0. The fraction of sp³-hybridized carbons (Fsp3) is 0.640. The average Bonchev–Trinajstić information content (AvgIpc) is 3.43. The van der Waals surface area contributed by atoms with Gasteiger partial charge in [0.25, 0.3) is 0 Å². The normalized spacial score (nSPS) is 27.7. The number of hydrazine groups is 1. The van der Waals surface area contributed by atoms with Gasteiger partial charge >= 0.3 is 0 Å². The van der Waals surface area contributed by atoms with Crippen LogP contribution in [0, 0.1) is 5.92 Å². The number of hydrogen-bond acceptors (Lipinski definition) is 8. The van der Waals surface area contributed by atoms with E-state index in [9.17, 15) is 4.79 Å². The van der Waals surface area contributed by atoms with Crippen molar-refractivity contribution in [1.82, 2.24) is 35.7 Å². The van der Waals surface area contributed by atoms with E-state index in [1.54, 1.807) is 5.01 Å². The molecule has 0 aromatic carbocycles. The quantitative estimate of drug-likeness (QED) is 0.324. The summed E-state index contributed by atoms with van der Waals surface area (Å²) in [5, 5.41) is 11.6. The first-order valence-corrected chi connectivity index (χ1v) is 12.6. The molecule has 9 nitrogen and oxygen atoms in total. The monoisotopic (exact) mass is 470 g/mol. The summed E-state index contributed by atoms with van der Waals surface area (Å²) in [6.45, 7) is 3.39. The van der Waals surface area contributed by atoms with Crippen molar-refractivity contribution in [2.75, 3.05) is 41.3 Å². The Labute approximate surface area is 204 Å². The maximum atomic E-state index is 13.4. The number of nitrogens with zero attached hydrogens (tertiary/aromatic N) is 4. The number of likely N-dealkylation sites (N-methyl/N-ethyl adjacent to an activating group) is 3. The van der Waals surface area contributed by atoms with Gasteiger partial charge in [-0.3, -0.25) is 10.1 Å². The summed E-state index contributed by atoms with van der Waals surface area (Å²) in [5.74, 6) is 6.52. The molecule has 0 spiro atoms. The summed E-state index contributed by atoms with van der Waals surface area (Å²) in [6.07, 6.45) is 14.5. The molecule has 3 heterocycles. The Morgan fingerprint density at radius 3 is 2.65 bits per heavy atom. The lowest BCUT2D eigenvalue weighted by Gasteiger charge is -2.38. The van der Waals surface area contributed by atoms with Gasteiger partial charge in [0.05, 0.1) is 24.1 Å². The minimum Gasteiger partial charge on any atom is -0.375 e. The van der Waals surface area contributed by atoms with Crippen LogP contribution >= 0.6 is 0 Å². The smallest absolute Gasteiger partial charge is 0.248 e. The molecule has 34 heavy (non-hydrogen) atoms. The molecule has 3 atom stereocenters. The van der Waals surface area contributed by atoms with Crippen LogP contribution in [-0.2, 0) is 4.79 Å². The zero-order valence-corrected chi connectivity index (χ0v) is 21.3. The van der Waals surface area contributed by atoms with Crippen molar-refractivity contribution in [2.24, 2.45) is 11.8 Å². The maximum absolute atomic E-state index is 13.4. The van der Waals surface area contributed by atoms with Crippen molar-refractivity contribution >= 4 is 5.91 Å². The van der Waals surface area contributed by atoms with Crippen molar-refractivity contribution in [1.29, 1.82) is 0 Å². The Balaban J connectivity index is 1.42. The van der Waals surface area contributed by atoms with Crippen LogP contribution in [0.5, 0.6) is 0 Å². The summed E-state index contributed by atoms with van der Waals surface area (Å²) in [4.78, 5) is 20.3. The highest BCUT2D eigenvalue weighted by Crippen LogP contribution is 2.40. The fourth-order valence-electron chi connectivity index (χ4n) is 6.04. The number of nitrogens with two attached hydrogens (primary N) is 1. The van der Waals surface area contributed by atoms with Gasteiger partial charge in [0.2, 0.25) is 5.91 Å². The largest absolute Gasteiger partial charge is 0.375 e. The van der Waals surface area contributed by atoms with Crippen LogP contribution in [0.4, 0.5) is 0 Å². The molecule has 3 unspecified atom stereocenters. The Bertz CT molecular complexity index is 885. The average molecular weight is 471 g/mol. The van der Waals surface area contributed by atoms with E-state index in [4.69, 9.17) is 5.84 Å². The number of nitrogens with one attached hydrogen (secondary N) is 3. The van der Waals surface area contributed by atoms with Gasteiger partial charge in [0, 0.05) is 46.6 Å². The minimum absolute atomic E-state index is 0.00317. The van der Waals surface area contributed by atoms with Crippen molar-refractivity contribution < 1.29 is 4.79 Å². The molecule has 188 valence electrons. The van der Waals surface area contributed by atoms with Gasteiger partial charge in [-0.05, 0) is 49.1 Å². The van der Waals surface area contributed by atoms with Gasteiger partial charge in [-0.15, -0.1) is 0 Å². The maximum Gasteiger partial charge on any atom is 0.248 e. The molecule has 1 amide bonds. The number of carbonyl (C=O) groups is 1. The van der Waals surface area contributed by atoms with E-state index >= 15 is 0 Å². The standard InChI is InChI=1S/C25H42N8O/c1-6-17(16-30(2)26)19-11-13-27-21(31(19)3)15-29-24(34)22-23-20(12-14-28-22)32(4)25(33(23)5)18-9-7-8-10-18/h11-12,14,16,18,21-22,25,27-28H,6-10,13,15,26H2,1-5H3,(H,29,34)/b17-16+. The van der Waals surface area contributed by atoms with Gasteiger partial charge in [-0.25, -0.2) is 5.84 Å². The molecule has 0 radical (unpaired) electrons. The first-order valence-electron chi connectivity index (χ1n) is 12.6. The third-order valence-electron chi connectivity index (χ3n) is 7.71. The number of amides is 1. The van der Waals surface area contributed by atoms with E-state index in [1.165, 1.54) is 31.3 Å². The third kappa shape index (κ3) is 4.63. The number of dihydropyridines is 1.